The number of rotatable bonds is 6. The highest BCUT2D eigenvalue weighted by Crippen LogP contribution is 2.16. The topological polar surface area (TPSA) is 32.7 Å². The summed E-state index contributed by atoms with van der Waals surface area (Å²) in [6, 6.07) is 4.45. The average Bonchev–Trinajstić information content (AvgIpc) is 2.24. The second kappa shape index (κ2) is 6.45. The highest BCUT2D eigenvalue weighted by Gasteiger charge is 2.04. The van der Waals surface area contributed by atoms with Crippen LogP contribution in [0.1, 0.15) is 12.5 Å². The Morgan fingerprint density at radius 2 is 2.19 bits per heavy atom. The summed E-state index contributed by atoms with van der Waals surface area (Å²) >= 11 is 0. The highest BCUT2D eigenvalue weighted by atomic mass is 19.1. The predicted molar refractivity (Wildman–Crippen MR) is 60.9 cm³/mol. The summed E-state index contributed by atoms with van der Waals surface area (Å²) in [6.07, 6.45) is 0. The van der Waals surface area contributed by atoms with E-state index >= 15 is 0 Å². The van der Waals surface area contributed by atoms with Crippen LogP contribution >= 0.6 is 0 Å². The molecular formula is C12H18FNO2. The summed E-state index contributed by atoms with van der Waals surface area (Å²) in [5.74, 6) is -0.878. The molecule has 0 aromatic heterocycles. The molecule has 0 bridgehead atoms. The molecule has 3 nitrogen and oxygen atoms in total. The second-order valence-electron chi connectivity index (χ2n) is 3.72. The lowest BCUT2D eigenvalue weighted by atomic mass is 10.2. The van der Waals surface area contributed by atoms with Gasteiger partial charge in [0, 0.05) is 19.7 Å². The Morgan fingerprint density at radius 1 is 1.44 bits per heavy atom. The first-order chi connectivity index (χ1) is 7.63. The van der Waals surface area contributed by atoms with Gasteiger partial charge in [-0.1, -0.05) is 6.07 Å². The van der Waals surface area contributed by atoms with Crippen LogP contribution in [0.2, 0.25) is 0 Å². The molecule has 16 heavy (non-hydrogen) atoms. The number of likely N-dealkylation sites (N-methyl/N-ethyl adjacent to an activating group) is 1. The van der Waals surface area contributed by atoms with Crippen molar-refractivity contribution in [2.75, 3.05) is 26.8 Å². The van der Waals surface area contributed by atoms with Gasteiger partial charge in [0.15, 0.2) is 11.6 Å². The Morgan fingerprint density at radius 3 is 2.81 bits per heavy atom. The van der Waals surface area contributed by atoms with Crippen LogP contribution in [0.3, 0.4) is 0 Å². The molecule has 0 aliphatic heterocycles. The Kier molecular flexibility index (Phi) is 5.22. The van der Waals surface area contributed by atoms with Gasteiger partial charge in [0.25, 0.3) is 0 Å². The lowest BCUT2D eigenvalue weighted by molar-refractivity contribution is 0.120. The van der Waals surface area contributed by atoms with Crippen molar-refractivity contribution in [3.63, 3.8) is 0 Å². The standard InChI is InChI=1S/C12H18FNO2/c1-3-16-7-6-14(2)9-10-4-5-12(15)11(13)8-10/h4-5,8,15H,3,6-7,9H2,1-2H3. The van der Waals surface area contributed by atoms with Gasteiger partial charge in [-0.2, -0.15) is 0 Å². The fraction of sp³-hybridized carbons (Fsp3) is 0.500. The first kappa shape index (κ1) is 12.9. The van der Waals surface area contributed by atoms with Crippen molar-refractivity contribution in [3.8, 4) is 5.75 Å². The maximum atomic E-state index is 13.0. The van der Waals surface area contributed by atoms with E-state index in [1.54, 1.807) is 6.07 Å². The van der Waals surface area contributed by atoms with Crippen LogP contribution in [0.15, 0.2) is 18.2 Å². The normalized spacial score (nSPS) is 11.0. The molecule has 0 spiro atoms. The number of hydrogen-bond acceptors (Lipinski definition) is 3. The summed E-state index contributed by atoms with van der Waals surface area (Å²) in [5, 5.41) is 9.04. The lowest BCUT2D eigenvalue weighted by Crippen LogP contribution is -2.22. The quantitative estimate of drug-likeness (QED) is 0.754. The number of phenols is 1. The van der Waals surface area contributed by atoms with Crippen molar-refractivity contribution < 1.29 is 14.2 Å². The predicted octanol–water partition coefficient (Wildman–Crippen LogP) is 2.00. The molecule has 4 heteroatoms. The van der Waals surface area contributed by atoms with Gasteiger partial charge in [-0.15, -0.1) is 0 Å². The maximum Gasteiger partial charge on any atom is 0.165 e. The van der Waals surface area contributed by atoms with Crippen molar-refractivity contribution in [1.29, 1.82) is 0 Å². The van der Waals surface area contributed by atoms with E-state index < -0.39 is 5.82 Å². The molecule has 0 fully saturated rings. The average molecular weight is 227 g/mol. The molecule has 0 aliphatic rings. The van der Waals surface area contributed by atoms with Crippen LogP contribution in [-0.2, 0) is 11.3 Å². The molecule has 1 N–H and O–H groups in total. The fourth-order valence-electron chi connectivity index (χ4n) is 1.40. The van der Waals surface area contributed by atoms with E-state index in [0.717, 1.165) is 12.1 Å². The van der Waals surface area contributed by atoms with Crippen molar-refractivity contribution in [1.82, 2.24) is 4.90 Å². The number of ether oxygens (including phenoxy) is 1. The number of benzene rings is 1. The van der Waals surface area contributed by atoms with Crippen molar-refractivity contribution in [2.45, 2.75) is 13.5 Å². The Hall–Kier alpha value is -1.13. The molecule has 0 radical (unpaired) electrons. The van der Waals surface area contributed by atoms with Gasteiger partial charge < -0.3 is 9.84 Å². The van der Waals surface area contributed by atoms with Crippen LogP contribution in [0, 0.1) is 5.82 Å². The van der Waals surface area contributed by atoms with Gasteiger partial charge in [0.1, 0.15) is 0 Å². The van der Waals surface area contributed by atoms with Crippen LogP contribution in [-0.4, -0.2) is 36.8 Å². The SMILES string of the molecule is CCOCCN(C)Cc1ccc(O)c(F)c1. The lowest BCUT2D eigenvalue weighted by Gasteiger charge is -2.16. The number of phenolic OH excluding ortho intramolecular Hbond substituents is 1. The zero-order valence-electron chi connectivity index (χ0n) is 9.74. The van der Waals surface area contributed by atoms with Gasteiger partial charge in [-0.05, 0) is 31.7 Å². The first-order valence-electron chi connectivity index (χ1n) is 5.37. The second-order valence-corrected chi connectivity index (χ2v) is 3.72. The van der Waals surface area contributed by atoms with E-state index in [1.807, 2.05) is 18.9 Å². The van der Waals surface area contributed by atoms with Crippen molar-refractivity contribution in [2.24, 2.45) is 0 Å². The fourth-order valence-corrected chi connectivity index (χ4v) is 1.40. The van der Waals surface area contributed by atoms with Crippen LogP contribution in [0.25, 0.3) is 0 Å². The van der Waals surface area contributed by atoms with E-state index in [0.29, 0.717) is 19.8 Å². The maximum absolute atomic E-state index is 13.0. The van der Waals surface area contributed by atoms with Crippen LogP contribution in [0.5, 0.6) is 5.75 Å². The summed E-state index contributed by atoms with van der Waals surface area (Å²) in [4.78, 5) is 2.04. The van der Waals surface area contributed by atoms with Gasteiger partial charge in [-0.3, -0.25) is 4.90 Å². The summed E-state index contributed by atoms with van der Waals surface area (Å²) in [6.45, 7) is 4.78. The van der Waals surface area contributed by atoms with E-state index in [2.05, 4.69) is 0 Å². The summed E-state index contributed by atoms with van der Waals surface area (Å²) in [7, 11) is 1.95. The minimum Gasteiger partial charge on any atom is -0.505 e. The monoisotopic (exact) mass is 227 g/mol. The summed E-state index contributed by atoms with van der Waals surface area (Å²) in [5.41, 5.74) is 0.842. The number of hydrogen-bond donors (Lipinski definition) is 1. The zero-order valence-corrected chi connectivity index (χ0v) is 9.74. The van der Waals surface area contributed by atoms with Gasteiger partial charge >= 0.3 is 0 Å². The van der Waals surface area contributed by atoms with E-state index in [1.165, 1.54) is 12.1 Å². The molecule has 0 saturated carbocycles. The Bertz CT molecular complexity index is 331. The number of aromatic hydroxyl groups is 1. The molecule has 1 rings (SSSR count). The largest absolute Gasteiger partial charge is 0.505 e. The zero-order chi connectivity index (χ0) is 12.0. The van der Waals surface area contributed by atoms with Gasteiger partial charge in [-0.25, -0.2) is 4.39 Å². The third-order valence-electron chi connectivity index (χ3n) is 2.29. The minimum absolute atomic E-state index is 0.305. The summed E-state index contributed by atoms with van der Waals surface area (Å²) < 4.78 is 18.3. The first-order valence-corrected chi connectivity index (χ1v) is 5.37. The number of halogens is 1. The minimum atomic E-state index is -0.573. The molecular weight excluding hydrogens is 209 g/mol. The third kappa shape index (κ3) is 4.16. The third-order valence-corrected chi connectivity index (χ3v) is 2.29. The highest BCUT2D eigenvalue weighted by molar-refractivity contribution is 5.27. The molecule has 1 aromatic carbocycles. The van der Waals surface area contributed by atoms with E-state index in [4.69, 9.17) is 9.84 Å². The molecule has 0 atom stereocenters. The Labute approximate surface area is 95.5 Å². The molecule has 90 valence electrons. The van der Waals surface area contributed by atoms with Crippen molar-refractivity contribution >= 4 is 0 Å². The van der Waals surface area contributed by atoms with Crippen molar-refractivity contribution in [3.05, 3.63) is 29.6 Å². The van der Waals surface area contributed by atoms with Gasteiger partial charge in [0.2, 0.25) is 0 Å². The van der Waals surface area contributed by atoms with E-state index in [-0.39, 0.29) is 5.75 Å². The molecule has 0 amide bonds. The Balaban J connectivity index is 2.43. The molecule has 0 heterocycles. The van der Waals surface area contributed by atoms with E-state index in [9.17, 15) is 4.39 Å². The number of nitrogens with zero attached hydrogens (tertiary/aromatic N) is 1. The molecule has 0 saturated heterocycles. The van der Waals surface area contributed by atoms with Crippen LogP contribution < -0.4 is 0 Å². The molecule has 0 aliphatic carbocycles. The van der Waals surface area contributed by atoms with Crippen LogP contribution in [0.4, 0.5) is 4.39 Å². The molecule has 1 aromatic rings. The molecule has 0 unspecified atom stereocenters. The van der Waals surface area contributed by atoms with Gasteiger partial charge in [0.05, 0.1) is 6.61 Å². The smallest absolute Gasteiger partial charge is 0.165 e.